The first-order chi connectivity index (χ1) is 18.2. The Labute approximate surface area is 217 Å². The van der Waals surface area contributed by atoms with Crippen LogP contribution in [0.4, 0.5) is 0 Å². The van der Waals surface area contributed by atoms with Gasteiger partial charge in [0.05, 0.1) is 11.2 Å². The van der Waals surface area contributed by atoms with Gasteiger partial charge in [-0.1, -0.05) is 73.2 Å². The zero-order valence-electron chi connectivity index (χ0n) is 21.0. The Hall–Kier alpha value is -3.96. The molecular formula is C32H32N4O. The van der Waals surface area contributed by atoms with Gasteiger partial charge in [0.15, 0.2) is 0 Å². The third-order valence-corrected chi connectivity index (χ3v) is 7.51. The van der Waals surface area contributed by atoms with Crippen LogP contribution < -0.4 is 5.32 Å². The van der Waals surface area contributed by atoms with E-state index in [9.17, 15) is 4.79 Å². The summed E-state index contributed by atoms with van der Waals surface area (Å²) < 4.78 is 0. The molecule has 2 aliphatic rings. The number of rotatable bonds is 6. The second kappa shape index (κ2) is 10.6. The molecule has 3 heterocycles. The molecule has 186 valence electrons. The molecule has 3 aromatic carbocycles. The van der Waals surface area contributed by atoms with Crippen LogP contribution in [0.5, 0.6) is 0 Å². The average Bonchev–Trinajstić information content (AvgIpc) is 3.52. The molecule has 37 heavy (non-hydrogen) atoms. The maximum absolute atomic E-state index is 12.6. The van der Waals surface area contributed by atoms with Gasteiger partial charge < -0.3 is 5.32 Å². The lowest BCUT2D eigenvalue weighted by Crippen LogP contribution is -2.28. The number of likely N-dealkylation sites (tertiary alicyclic amines) is 1. The average molecular weight is 489 g/mol. The number of carbonyl (C=O) groups excluding carboxylic acids is 1. The van der Waals surface area contributed by atoms with Crippen molar-refractivity contribution in [3.8, 4) is 0 Å². The molecule has 2 aliphatic heterocycles. The van der Waals surface area contributed by atoms with Gasteiger partial charge in [0, 0.05) is 30.0 Å². The van der Waals surface area contributed by atoms with Crippen LogP contribution in [0, 0.1) is 0 Å². The summed E-state index contributed by atoms with van der Waals surface area (Å²) in [5, 5.41) is 11.8. The van der Waals surface area contributed by atoms with Gasteiger partial charge in [0.25, 0.3) is 0 Å². The van der Waals surface area contributed by atoms with Crippen LogP contribution in [0.15, 0.2) is 78.4 Å². The number of nitrogens with one attached hydrogen (secondary N) is 2. The number of hydrogen-bond donors (Lipinski definition) is 2. The van der Waals surface area contributed by atoms with Crippen molar-refractivity contribution in [1.82, 2.24) is 20.4 Å². The highest BCUT2D eigenvalue weighted by molar-refractivity contribution is 6.02. The number of aromatic amines is 1. The molecule has 0 aliphatic carbocycles. The van der Waals surface area contributed by atoms with Crippen LogP contribution >= 0.6 is 0 Å². The SMILES string of the molecule is O=C1NCC(c2ccccc2)C1=Cc1ccc2c(/C=C/c3ccc(CN4CCCCC4)cc3)n[nH]c2c1. The fourth-order valence-corrected chi connectivity index (χ4v) is 5.45. The number of fused-ring (bicyclic) bond motifs is 1. The zero-order valence-corrected chi connectivity index (χ0v) is 21.0. The highest BCUT2D eigenvalue weighted by atomic mass is 16.2. The second-order valence-corrected chi connectivity index (χ2v) is 10.1. The molecule has 1 atom stereocenters. The number of piperidine rings is 1. The van der Waals surface area contributed by atoms with Gasteiger partial charge in [-0.05, 0) is 72.5 Å². The largest absolute Gasteiger partial charge is 0.351 e. The molecule has 5 heteroatoms. The van der Waals surface area contributed by atoms with Crippen molar-refractivity contribution in [2.24, 2.45) is 0 Å². The van der Waals surface area contributed by atoms with Crippen LogP contribution in [-0.4, -0.2) is 40.6 Å². The molecule has 1 unspecified atom stereocenters. The summed E-state index contributed by atoms with van der Waals surface area (Å²) >= 11 is 0. The van der Waals surface area contributed by atoms with Crippen molar-refractivity contribution in [1.29, 1.82) is 0 Å². The summed E-state index contributed by atoms with van der Waals surface area (Å²) in [7, 11) is 0. The molecule has 2 N–H and O–H groups in total. The van der Waals surface area contributed by atoms with Crippen LogP contribution in [0.25, 0.3) is 29.1 Å². The molecule has 4 aromatic rings. The monoisotopic (exact) mass is 488 g/mol. The van der Waals surface area contributed by atoms with Crippen LogP contribution in [0.3, 0.4) is 0 Å². The lowest BCUT2D eigenvalue weighted by atomic mass is 9.92. The molecular weight excluding hydrogens is 456 g/mol. The van der Waals surface area contributed by atoms with Gasteiger partial charge in [-0.3, -0.25) is 14.8 Å². The van der Waals surface area contributed by atoms with E-state index < -0.39 is 0 Å². The molecule has 0 spiro atoms. The Kier molecular flexibility index (Phi) is 6.70. The van der Waals surface area contributed by atoms with Crippen molar-refractivity contribution in [3.63, 3.8) is 0 Å². The number of amides is 1. The minimum Gasteiger partial charge on any atom is -0.351 e. The van der Waals surface area contributed by atoms with Gasteiger partial charge in [-0.15, -0.1) is 0 Å². The molecule has 1 aromatic heterocycles. The van der Waals surface area contributed by atoms with E-state index in [0.29, 0.717) is 6.54 Å². The van der Waals surface area contributed by atoms with E-state index in [0.717, 1.165) is 39.8 Å². The van der Waals surface area contributed by atoms with Crippen molar-refractivity contribution < 1.29 is 4.79 Å². The number of H-pyrrole nitrogens is 1. The quantitative estimate of drug-likeness (QED) is 0.327. The first-order valence-corrected chi connectivity index (χ1v) is 13.3. The van der Waals surface area contributed by atoms with E-state index in [4.69, 9.17) is 0 Å². The Morgan fingerprint density at radius 2 is 1.68 bits per heavy atom. The maximum atomic E-state index is 12.6. The van der Waals surface area contributed by atoms with Crippen molar-refractivity contribution in [2.45, 2.75) is 31.7 Å². The Morgan fingerprint density at radius 3 is 2.49 bits per heavy atom. The number of benzene rings is 3. The van der Waals surface area contributed by atoms with E-state index in [1.54, 1.807) is 0 Å². The fourth-order valence-electron chi connectivity index (χ4n) is 5.45. The predicted molar refractivity (Wildman–Crippen MR) is 151 cm³/mol. The molecule has 1 amide bonds. The third kappa shape index (κ3) is 5.27. The smallest absolute Gasteiger partial charge is 0.247 e. The number of aromatic nitrogens is 2. The van der Waals surface area contributed by atoms with E-state index in [1.807, 2.05) is 24.3 Å². The Bertz CT molecular complexity index is 1440. The summed E-state index contributed by atoms with van der Waals surface area (Å²) in [5.74, 6) is 0.0695. The van der Waals surface area contributed by atoms with E-state index >= 15 is 0 Å². The van der Waals surface area contributed by atoms with Crippen molar-refractivity contribution >= 4 is 35.0 Å². The second-order valence-electron chi connectivity index (χ2n) is 10.1. The van der Waals surface area contributed by atoms with Gasteiger partial charge in [-0.25, -0.2) is 0 Å². The van der Waals surface area contributed by atoms with Crippen LogP contribution in [0.2, 0.25) is 0 Å². The van der Waals surface area contributed by atoms with Gasteiger partial charge in [0.1, 0.15) is 0 Å². The molecule has 6 rings (SSSR count). The Morgan fingerprint density at radius 1 is 0.892 bits per heavy atom. The van der Waals surface area contributed by atoms with Gasteiger partial charge >= 0.3 is 0 Å². The first-order valence-electron chi connectivity index (χ1n) is 13.3. The summed E-state index contributed by atoms with van der Waals surface area (Å²) in [6, 6.07) is 25.2. The fraction of sp³-hybridized carbons (Fsp3) is 0.250. The van der Waals surface area contributed by atoms with E-state index in [1.165, 1.54) is 43.5 Å². The minimum atomic E-state index is 0.00382. The lowest BCUT2D eigenvalue weighted by Gasteiger charge is -2.26. The molecule has 0 radical (unpaired) electrons. The molecule has 5 nitrogen and oxygen atoms in total. The van der Waals surface area contributed by atoms with Gasteiger partial charge in [0.2, 0.25) is 5.91 Å². The van der Waals surface area contributed by atoms with Crippen LogP contribution in [0.1, 0.15) is 53.1 Å². The van der Waals surface area contributed by atoms with Crippen LogP contribution in [-0.2, 0) is 11.3 Å². The van der Waals surface area contributed by atoms with E-state index in [2.05, 4.69) is 87.2 Å². The van der Waals surface area contributed by atoms with Crippen molar-refractivity contribution in [3.05, 3.63) is 106 Å². The lowest BCUT2D eigenvalue weighted by molar-refractivity contribution is -0.116. The standard InChI is InChI=1S/C32H32N4O/c37-32-28(29(21-33-32)26-7-3-1-4-8-26)19-25-13-15-27-30(34-35-31(27)20-25)16-14-23-9-11-24(12-10-23)22-36-17-5-2-6-18-36/h1,3-4,7-16,19-20,29H,2,5-6,17-18,21-22H2,(H,33,37)(H,34,35)/b16-14+,28-19?. The Balaban J connectivity index is 1.17. The number of carbonyl (C=O) groups is 1. The maximum Gasteiger partial charge on any atom is 0.247 e. The molecule has 0 bridgehead atoms. The number of nitrogens with zero attached hydrogens (tertiary/aromatic N) is 2. The third-order valence-electron chi connectivity index (χ3n) is 7.51. The topological polar surface area (TPSA) is 61.0 Å². The highest BCUT2D eigenvalue weighted by Gasteiger charge is 2.29. The predicted octanol–water partition coefficient (Wildman–Crippen LogP) is 6.02. The van der Waals surface area contributed by atoms with E-state index in [-0.39, 0.29) is 11.8 Å². The summed E-state index contributed by atoms with van der Waals surface area (Å²) in [4.78, 5) is 15.1. The molecule has 2 fully saturated rings. The van der Waals surface area contributed by atoms with Crippen molar-refractivity contribution in [2.75, 3.05) is 19.6 Å². The summed E-state index contributed by atoms with van der Waals surface area (Å²) in [6.07, 6.45) is 10.2. The molecule has 0 saturated carbocycles. The summed E-state index contributed by atoms with van der Waals surface area (Å²) in [6.45, 7) is 4.11. The summed E-state index contributed by atoms with van der Waals surface area (Å²) in [5.41, 5.74) is 7.35. The minimum absolute atomic E-state index is 0.00382. The normalized spacial score (nSPS) is 19.7. The van der Waals surface area contributed by atoms with Gasteiger partial charge in [-0.2, -0.15) is 5.10 Å². The first kappa shape index (κ1) is 23.4. The highest BCUT2D eigenvalue weighted by Crippen LogP contribution is 2.30. The number of hydrogen-bond acceptors (Lipinski definition) is 3. The molecule has 2 saturated heterocycles. The zero-order chi connectivity index (χ0) is 25.0.